The second kappa shape index (κ2) is 6.32. The molecule has 4 rings (SSSR count). The number of pyridine rings is 2. The van der Waals surface area contributed by atoms with Crippen molar-refractivity contribution in [3.63, 3.8) is 0 Å². The molecule has 0 aliphatic carbocycles. The topological polar surface area (TPSA) is 61.0 Å². The van der Waals surface area contributed by atoms with E-state index in [1.807, 2.05) is 37.4 Å². The van der Waals surface area contributed by atoms with Crippen molar-refractivity contribution >= 4 is 10.9 Å². The molecule has 1 aromatic carbocycles. The summed E-state index contributed by atoms with van der Waals surface area (Å²) in [4.78, 5) is 12.6. The highest BCUT2D eigenvalue weighted by Gasteiger charge is 2.22. The predicted octanol–water partition coefficient (Wildman–Crippen LogP) is 4.23. The monoisotopic (exact) mass is 335 g/mol. The molecule has 6 heteroatoms. The Morgan fingerprint density at radius 2 is 1.96 bits per heavy atom. The van der Waals surface area contributed by atoms with Gasteiger partial charge in [-0.3, -0.25) is 9.97 Å². The van der Waals surface area contributed by atoms with E-state index in [0.29, 0.717) is 17.3 Å². The first kappa shape index (κ1) is 15.3. The van der Waals surface area contributed by atoms with Crippen molar-refractivity contribution in [3.8, 4) is 5.75 Å². The molecule has 0 saturated heterocycles. The normalized spacial score (nSPS) is 12.2. The Balaban J connectivity index is 1.72. The molecule has 0 amide bonds. The fourth-order valence-electron chi connectivity index (χ4n) is 2.57. The summed E-state index contributed by atoms with van der Waals surface area (Å²) in [5.41, 5.74) is 2.45. The molecule has 124 valence electrons. The van der Waals surface area contributed by atoms with Crippen LogP contribution in [-0.2, 0) is 0 Å². The van der Waals surface area contributed by atoms with Gasteiger partial charge in [-0.1, -0.05) is 0 Å². The largest absolute Gasteiger partial charge is 0.474 e. The molecule has 0 saturated carbocycles. The van der Waals surface area contributed by atoms with Crippen LogP contribution in [0, 0.1) is 12.7 Å². The van der Waals surface area contributed by atoms with Crippen molar-refractivity contribution in [3.05, 3.63) is 84.2 Å². The van der Waals surface area contributed by atoms with Gasteiger partial charge in [-0.2, -0.15) is 0 Å². The van der Waals surface area contributed by atoms with Gasteiger partial charge in [-0.05, 0) is 48.9 Å². The number of fused-ring (bicyclic) bond motifs is 1. The number of halogens is 1. The van der Waals surface area contributed by atoms with Crippen molar-refractivity contribution in [2.45, 2.75) is 13.0 Å². The lowest BCUT2D eigenvalue weighted by Gasteiger charge is -2.16. The number of aryl methyl sites for hydroxylation is 1. The highest BCUT2D eigenvalue weighted by molar-refractivity contribution is 5.80. The third kappa shape index (κ3) is 3.19. The van der Waals surface area contributed by atoms with E-state index >= 15 is 0 Å². The van der Waals surface area contributed by atoms with E-state index in [0.717, 1.165) is 22.7 Å². The summed E-state index contributed by atoms with van der Waals surface area (Å²) in [7, 11) is 0. The van der Waals surface area contributed by atoms with Crippen molar-refractivity contribution < 1.29 is 13.5 Å². The van der Waals surface area contributed by atoms with E-state index < -0.39 is 11.9 Å². The summed E-state index contributed by atoms with van der Waals surface area (Å²) in [6, 6.07) is 10.5. The average molecular weight is 335 g/mol. The SMILES string of the molecule is Cc1cnc2ccc(OC(c3ccc(F)cn3)c3ncco3)cc2c1. The molecule has 0 aliphatic rings. The van der Waals surface area contributed by atoms with Crippen LogP contribution in [0.15, 0.2) is 65.7 Å². The van der Waals surface area contributed by atoms with E-state index in [4.69, 9.17) is 9.15 Å². The van der Waals surface area contributed by atoms with Gasteiger partial charge in [0.2, 0.25) is 12.0 Å². The van der Waals surface area contributed by atoms with Gasteiger partial charge in [0.25, 0.3) is 0 Å². The molecule has 1 unspecified atom stereocenters. The molecule has 3 aromatic heterocycles. The first-order chi connectivity index (χ1) is 12.2. The Morgan fingerprint density at radius 1 is 1.04 bits per heavy atom. The Kier molecular flexibility index (Phi) is 3.85. The maximum absolute atomic E-state index is 13.2. The molecular formula is C19H14FN3O2. The van der Waals surface area contributed by atoms with Crippen molar-refractivity contribution in [2.75, 3.05) is 0 Å². The standard InChI is InChI=1S/C19H14FN3O2/c1-12-8-13-9-15(3-5-16(13)22-10-12)25-18(19-21-6-7-24-19)17-4-2-14(20)11-23-17/h2-11,18H,1H3. The minimum atomic E-state index is -0.675. The molecular weight excluding hydrogens is 321 g/mol. The third-order valence-corrected chi connectivity index (χ3v) is 3.74. The van der Waals surface area contributed by atoms with Gasteiger partial charge >= 0.3 is 0 Å². The van der Waals surface area contributed by atoms with Gasteiger partial charge in [0.05, 0.1) is 23.6 Å². The Labute approximate surface area is 143 Å². The second-order valence-electron chi connectivity index (χ2n) is 5.64. The Bertz CT molecular complexity index is 1000. The summed E-state index contributed by atoms with van der Waals surface area (Å²) < 4.78 is 24.6. The molecule has 0 aliphatic heterocycles. The maximum atomic E-state index is 13.2. The molecule has 0 spiro atoms. The molecule has 0 bridgehead atoms. The maximum Gasteiger partial charge on any atom is 0.241 e. The number of oxazole rings is 1. The van der Waals surface area contributed by atoms with Crippen LogP contribution in [-0.4, -0.2) is 15.0 Å². The molecule has 3 heterocycles. The number of nitrogens with zero attached hydrogens (tertiary/aromatic N) is 3. The van der Waals surface area contributed by atoms with Crippen molar-refractivity contribution in [1.29, 1.82) is 0 Å². The number of ether oxygens (including phenoxy) is 1. The summed E-state index contributed by atoms with van der Waals surface area (Å²) >= 11 is 0. The van der Waals surface area contributed by atoms with Gasteiger partial charge in [-0.15, -0.1) is 0 Å². The van der Waals surface area contributed by atoms with Gasteiger partial charge < -0.3 is 9.15 Å². The first-order valence-electron chi connectivity index (χ1n) is 7.73. The summed E-state index contributed by atoms with van der Waals surface area (Å²) in [6.45, 7) is 1.98. The van der Waals surface area contributed by atoms with Crippen LogP contribution in [0.2, 0.25) is 0 Å². The molecule has 0 radical (unpaired) electrons. The summed E-state index contributed by atoms with van der Waals surface area (Å²) in [6.07, 6.45) is 5.28. The average Bonchev–Trinajstić information content (AvgIpc) is 3.14. The number of hydrogen-bond acceptors (Lipinski definition) is 5. The highest BCUT2D eigenvalue weighted by Crippen LogP contribution is 2.28. The molecule has 4 aromatic rings. The summed E-state index contributed by atoms with van der Waals surface area (Å²) in [5.74, 6) is 0.554. The van der Waals surface area contributed by atoms with E-state index in [1.165, 1.54) is 18.5 Å². The Morgan fingerprint density at radius 3 is 2.72 bits per heavy atom. The van der Waals surface area contributed by atoms with Crippen LogP contribution in [0.5, 0.6) is 5.75 Å². The van der Waals surface area contributed by atoms with Gasteiger partial charge in [-0.25, -0.2) is 9.37 Å². The molecule has 0 fully saturated rings. The lowest BCUT2D eigenvalue weighted by molar-refractivity contribution is 0.203. The zero-order chi connectivity index (χ0) is 17.2. The number of aromatic nitrogens is 3. The first-order valence-corrected chi connectivity index (χ1v) is 7.73. The van der Waals surface area contributed by atoms with Crippen molar-refractivity contribution in [2.24, 2.45) is 0 Å². The lowest BCUT2D eigenvalue weighted by atomic mass is 10.1. The summed E-state index contributed by atoms with van der Waals surface area (Å²) in [5, 5.41) is 0.968. The minimum Gasteiger partial charge on any atom is -0.474 e. The van der Waals surface area contributed by atoms with Gasteiger partial charge in [0.1, 0.15) is 17.8 Å². The third-order valence-electron chi connectivity index (χ3n) is 3.74. The minimum absolute atomic E-state index is 0.349. The number of rotatable bonds is 4. The Hall–Kier alpha value is -3.28. The van der Waals surface area contributed by atoms with Crippen LogP contribution in [0.25, 0.3) is 10.9 Å². The van der Waals surface area contributed by atoms with Crippen LogP contribution in [0.1, 0.15) is 23.3 Å². The van der Waals surface area contributed by atoms with E-state index in [1.54, 1.807) is 6.07 Å². The fourth-order valence-corrected chi connectivity index (χ4v) is 2.57. The van der Waals surface area contributed by atoms with Crippen LogP contribution < -0.4 is 4.74 Å². The second-order valence-corrected chi connectivity index (χ2v) is 5.64. The number of benzene rings is 1. The molecule has 5 nitrogen and oxygen atoms in total. The van der Waals surface area contributed by atoms with Crippen LogP contribution in [0.4, 0.5) is 4.39 Å². The zero-order valence-electron chi connectivity index (χ0n) is 13.4. The predicted molar refractivity (Wildman–Crippen MR) is 89.6 cm³/mol. The van der Waals surface area contributed by atoms with E-state index in [9.17, 15) is 4.39 Å². The lowest BCUT2D eigenvalue weighted by Crippen LogP contribution is -2.11. The van der Waals surface area contributed by atoms with Crippen LogP contribution >= 0.6 is 0 Å². The molecule has 0 N–H and O–H groups in total. The fraction of sp³-hybridized carbons (Fsp3) is 0.105. The molecule has 25 heavy (non-hydrogen) atoms. The van der Waals surface area contributed by atoms with Gasteiger partial charge in [0, 0.05) is 11.6 Å². The van der Waals surface area contributed by atoms with Gasteiger partial charge in [0.15, 0.2) is 0 Å². The number of hydrogen-bond donors (Lipinski definition) is 0. The quantitative estimate of drug-likeness (QED) is 0.558. The van der Waals surface area contributed by atoms with Crippen LogP contribution in [0.3, 0.4) is 0 Å². The van der Waals surface area contributed by atoms with Crippen molar-refractivity contribution in [1.82, 2.24) is 15.0 Å². The van der Waals surface area contributed by atoms with E-state index in [2.05, 4.69) is 15.0 Å². The molecule has 1 atom stereocenters. The smallest absolute Gasteiger partial charge is 0.241 e. The zero-order valence-corrected chi connectivity index (χ0v) is 13.4. The highest BCUT2D eigenvalue weighted by atomic mass is 19.1. The van der Waals surface area contributed by atoms with E-state index in [-0.39, 0.29) is 0 Å².